The number of para-hydroxylation sites is 2. The van der Waals surface area contributed by atoms with Crippen molar-refractivity contribution in [3.05, 3.63) is 54.6 Å². The van der Waals surface area contributed by atoms with Crippen LogP contribution in [0.4, 0.5) is 5.95 Å². The molecule has 3 aromatic rings. The van der Waals surface area contributed by atoms with Crippen LogP contribution in [0.5, 0.6) is 11.5 Å². The predicted octanol–water partition coefficient (Wildman–Crippen LogP) is 2.15. The molecule has 4 rings (SSSR count). The zero-order valence-electron chi connectivity index (χ0n) is 13.4. The summed E-state index contributed by atoms with van der Waals surface area (Å²) in [5.41, 5.74) is 0. The van der Waals surface area contributed by atoms with E-state index in [0.29, 0.717) is 36.9 Å². The first kappa shape index (κ1) is 15.3. The smallest absolute Gasteiger partial charge is 0.248 e. The third-order valence-corrected chi connectivity index (χ3v) is 3.83. The number of hydrogen-bond donors (Lipinski definition) is 2. The summed E-state index contributed by atoms with van der Waals surface area (Å²) in [5.74, 6) is 1.96. The Kier molecular flexibility index (Phi) is 4.07. The number of aromatic nitrogens is 4. The topological polar surface area (TPSA) is 94.1 Å². The van der Waals surface area contributed by atoms with Gasteiger partial charge in [0.15, 0.2) is 23.4 Å². The molecule has 1 aliphatic rings. The predicted molar refractivity (Wildman–Crippen MR) is 89.4 cm³/mol. The minimum absolute atomic E-state index is 0.148. The van der Waals surface area contributed by atoms with E-state index in [2.05, 4.69) is 20.5 Å². The maximum atomic E-state index is 12.0. The van der Waals surface area contributed by atoms with Crippen LogP contribution >= 0.6 is 0 Å². The molecule has 8 nitrogen and oxygen atoms in total. The van der Waals surface area contributed by atoms with Crippen molar-refractivity contribution in [1.82, 2.24) is 19.7 Å². The number of aromatic amines is 1. The number of aryl methyl sites for hydroxylation is 1. The lowest BCUT2D eigenvalue weighted by Crippen LogP contribution is -2.22. The average molecular weight is 339 g/mol. The number of H-pyrrole nitrogens is 1. The van der Waals surface area contributed by atoms with Crippen molar-refractivity contribution in [2.45, 2.75) is 19.1 Å². The first-order valence-electron chi connectivity index (χ1n) is 7.99. The van der Waals surface area contributed by atoms with Gasteiger partial charge in [-0.3, -0.25) is 15.2 Å². The lowest BCUT2D eigenvalue weighted by atomic mass is 10.2. The van der Waals surface area contributed by atoms with Crippen LogP contribution in [0.25, 0.3) is 0 Å². The van der Waals surface area contributed by atoms with E-state index in [9.17, 15) is 4.79 Å². The fraction of sp³-hybridized carbons (Fsp3) is 0.235. The minimum Gasteiger partial charge on any atom is -0.485 e. The highest BCUT2D eigenvalue weighted by molar-refractivity contribution is 5.88. The third kappa shape index (κ3) is 3.47. The fourth-order valence-electron chi connectivity index (χ4n) is 2.57. The maximum Gasteiger partial charge on any atom is 0.248 e. The zero-order valence-corrected chi connectivity index (χ0v) is 13.4. The number of fused-ring (bicyclic) bond motifs is 1. The number of ether oxygens (including phenoxy) is 2. The van der Waals surface area contributed by atoms with Crippen LogP contribution in [0.15, 0.2) is 48.8 Å². The SMILES string of the molecule is O=C(CCn1cccc1)Nc1n[nH]c([C@H]2COc3ccccc3O2)n1. The number of benzene rings is 1. The van der Waals surface area contributed by atoms with E-state index in [-0.39, 0.29) is 11.9 Å². The van der Waals surface area contributed by atoms with Crippen molar-refractivity contribution < 1.29 is 14.3 Å². The van der Waals surface area contributed by atoms with Gasteiger partial charge in [-0.15, -0.1) is 5.10 Å². The molecule has 8 heteroatoms. The summed E-state index contributed by atoms with van der Waals surface area (Å²) < 4.78 is 13.5. The number of amides is 1. The molecule has 0 aliphatic carbocycles. The Morgan fingerprint density at radius 3 is 2.88 bits per heavy atom. The molecule has 1 amide bonds. The van der Waals surface area contributed by atoms with Crippen LogP contribution in [0, 0.1) is 0 Å². The second-order valence-electron chi connectivity index (χ2n) is 5.63. The number of carbonyl (C=O) groups is 1. The lowest BCUT2D eigenvalue weighted by Gasteiger charge is -2.24. The highest BCUT2D eigenvalue weighted by atomic mass is 16.6. The Labute approximate surface area is 143 Å². The van der Waals surface area contributed by atoms with Crippen LogP contribution in [-0.4, -0.2) is 32.3 Å². The molecule has 0 saturated carbocycles. The summed E-state index contributed by atoms with van der Waals surface area (Å²) in [7, 11) is 0. The molecule has 0 fully saturated rings. The monoisotopic (exact) mass is 339 g/mol. The molecule has 2 N–H and O–H groups in total. The molecule has 1 aliphatic heterocycles. The van der Waals surface area contributed by atoms with Crippen molar-refractivity contribution in [3.8, 4) is 11.5 Å². The van der Waals surface area contributed by atoms with Crippen LogP contribution in [0.1, 0.15) is 18.3 Å². The first-order valence-corrected chi connectivity index (χ1v) is 7.99. The number of anilines is 1. The molecular weight excluding hydrogens is 322 g/mol. The lowest BCUT2D eigenvalue weighted by molar-refractivity contribution is -0.116. The molecule has 1 atom stereocenters. The molecule has 0 radical (unpaired) electrons. The number of nitrogens with one attached hydrogen (secondary N) is 2. The van der Waals surface area contributed by atoms with E-state index < -0.39 is 6.10 Å². The van der Waals surface area contributed by atoms with Gasteiger partial charge in [-0.05, 0) is 24.3 Å². The molecular formula is C17H17N5O3. The summed E-state index contributed by atoms with van der Waals surface area (Å²) in [5, 5.41) is 9.50. The van der Waals surface area contributed by atoms with Gasteiger partial charge in [-0.1, -0.05) is 12.1 Å². The Morgan fingerprint density at radius 2 is 2.04 bits per heavy atom. The van der Waals surface area contributed by atoms with E-state index in [1.165, 1.54) is 0 Å². The first-order chi connectivity index (χ1) is 12.3. The minimum atomic E-state index is -0.395. The van der Waals surface area contributed by atoms with Crippen molar-refractivity contribution in [1.29, 1.82) is 0 Å². The van der Waals surface area contributed by atoms with Crippen LogP contribution in [-0.2, 0) is 11.3 Å². The summed E-state index contributed by atoms with van der Waals surface area (Å²) in [6.07, 6.45) is 3.77. The van der Waals surface area contributed by atoms with E-state index in [1.807, 2.05) is 53.4 Å². The van der Waals surface area contributed by atoms with Crippen molar-refractivity contribution in [2.24, 2.45) is 0 Å². The quantitative estimate of drug-likeness (QED) is 0.743. The van der Waals surface area contributed by atoms with Crippen LogP contribution in [0.3, 0.4) is 0 Å². The summed E-state index contributed by atoms with van der Waals surface area (Å²) in [4.78, 5) is 16.3. The molecule has 2 aromatic heterocycles. The fourth-order valence-corrected chi connectivity index (χ4v) is 2.57. The van der Waals surface area contributed by atoms with Gasteiger partial charge in [0.2, 0.25) is 11.9 Å². The van der Waals surface area contributed by atoms with Gasteiger partial charge in [0.1, 0.15) is 6.61 Å². The second-order valence-corrected chi connectivity index (χ2v) is 5.63. The Hall–Kier alpha value is -3.29. The average Bonchev–Trinajstić information content (AvgIpc) is 3.31. The number of hydrogen-bond acceptors (Lipinski definition) is 5. The second kappa shape index (κ2) is 6.68. The van der Waals surface area contributed by atoms with Gasteiger partial charge in [-0.2, -0.15) is 4.98 Å². The van der Waals surface area contributed by atoms with Gasteiger partial charge in [0.05, 0.1) is 0 Å². The summed E-state index contributed by atoms with van der Waals surface area (Å²) in [6.45, 7) is 0.930. The summed E-state index contributed by atoms with van der Waals surface area (Å²) >= 11 is 0. The largest absolute Gasteiger partial charge is 0.485 e. The summed E-state index contributed by atoms with van der Waals surface area (Å²) in [6, 6.07) is 11.3. The van der Waals surface area contributed by atoms with Gasteiger partial charge >= 0.3 is 0 Å². The van der Waals surface area contributed by atoms with Crippen LogP contribution in [0.2, 0.25) is 0 Å². The highest BCUT2D eigenvalue weighted by Crippen LogP contribution is 2.34. The molecule has 0 unspecified atom stereocenters. The Balaban J connectivity index is 1.35. The highest BCUT2D eigenvalue weighted by Gasteiger charge is 2.25. The number of nitrogens with zero attached hydrogens (tertiary/aromatic N) is 3. The molecule has 0 spiro atoms. The van der Waals surface area contributed by atoms with Gasteiger partial charge in [0, 0.05) is 25.4 Å². The Morgan fingerprint density at radius 1 is 1.24 bits per heavy atom. The molecule has 0 saturated heterocycles. The van der Waals surface area contributed by atoms with Crippen LogP contribution < -0.4 is 14.8 Å². The Bertz CT molecular complexity index is 859. The molecule has 3 heterocycles. The van der Waals surface area contributed by atoms with Crippen molar-refractivity contribution in [3.63, 3.8) is 0 Å². The van der Waals surface area contributed by atoms with Gasteiger partial charge in [0.25, 0.3) is 0 Å². The van der Waals surface area contributed by atoms with E-state index in [4.69, 9.17) is 9.47 Å². The zero-order chi connectivity index (χ0) is 17.1. The molecule has 1 aromatic carbocycles. The molecule has 128 valence electrons. The van der Waals surface area contributed by atoms with E-state index >= 15 is 0 Å². The molecule has 25 heavy (non-hydrogen) atoms. The third-order valence-electron chi connectivity index (χ3n) is 3.83. The maximum absolute atomic E-state index is 12.0. The van der Waals surface area contributed by atoms with E-state index in [0.717, 1.165) is 0 Å². The van der Waals surface area contributed by atoms with Gasteiger partial charge < -0.3 is 14.0 Å². The standard InChI is InChI=1S/C17H17N5O3/c23-15(7-10-22-8-3-4-9-22)18-17-19-16(20-21-17)14-11-24-12-5-1-2-6-13(12)25-14/h1-6,8-9,14H,7,10-11H2,(H2,18,19,20,21,23)/t14-/m1/s1. The van der Waals surface area contributed by atoms with Crippen molar-refractivity contribution >= 4 is 11.9 Å². The van der Waals surface area contributed by atoms with E-state index in [1.54, 1.807) is 0 Å². The van der Waals surface area contributed by atoms with Gasteiger partial charge in [-0.25, -0.2) is 0 Å². The number of carbonyl (C=O) groups excluding carboxylic acids is 1. The number of rotatable bonds is 5. The van der Waals surface area contributed by atoms with Crippen molar-refractivity contribution in [2.75, 3.05) is 11.9 Å². The molecule has 0 bridgehead atoms. The normalized spacial score (nSPS) is 15.8.